The third kappa shape index (κ3) is 14.0. The predicted octanol–water partition coefficient (Wildman–Crippen LogP) is 0.988. The molecule has 0 atom stereocenters. The van der Waals surface area contributed by atoms with Gasteiger partial charge in [-0.2, -0.15) is 0 Å². The van der Waals surface area contributed by atoms with Crippen LogP contribution in [0.5, 0.6) is 0 Å². The van der Waals surface area contributed by atoms with Crippen LogP contribution in [0.15, 0.2) is 0 Å². The number of nitrogens with zero attached hydrogens (tertiary/aromatic N) is 1. The van der Waals surface area contributed by atoms with Gasteiger partial charge < -0.3 is 24.4 Å². The maximum absolute atomic E-state index is 5.15. The van der Waals surface area contributed by atoms with E-state index in [1.54, 1.807) is 21.3 Å². The van der Waals surface area contributed by atoms with Gasteiger partial charge in [0.25, 0.3) is 0 Å². The van der Waals surface area contributed by atoms with Crippen molar-refractivity contribution >= 4 is 0 Å². The summed E-state index contributed by atoms with van der Waals surface area (Å²) >= 11 is 0. The van der Waals surface area contributed by atoms with Crippen LogP contribution in [0, 0.1) is 0 Å². The Morgan fingerprint density at radius 1 is 0.684 bits per heavy atom. The van der Waals surface area contributed by atoms with E-state index in [1.165, 1.54) is 12.8 Å². The smallest absolute Gasteiger partial charge is 0.0589 e. The van der Waals surface area contributed by atoms with Gasteiger partial charge in [0.15, 0.2) is 0 Å². The number of unbranched alkanes of at least 4 members (excludes halogenated alkanes) is 1. The number of nitrogens with one attached hydrogen (secondary N) is 1. The van der Waals surface area contributed by atoms with E-state index in [0.717, 1.165) is 59.0 Å². The van der Waals surface area contributed by atoms with E-state index in [1.807, 2.05) is 0 Å². The SMILES string of the molecule is COCCCN(CCCCNCCOC)CCOC. The minimum absolute atomic E-state index is 0.789. The summed E-state index contributed by atoms with van der Waals surface area (Å²) in [7, 11) is 5.24. The lowest BCUT2D eigenvalue weighted by Gasteiger charge is -2.21. The largest absolute Gasteiger partial charge is 0.385 e. The van der Waals surface area contributed by atoms with Crippen LogP contribution in [0.3, 0.4) is 0 Å². The van der Waals surface area contributed by atoms with Crippen molar-refractivity contribution in [1.29, 1.82) is 0 Å². The molecule has 0 rings (SSSR count). The monoisotopic (exact) mass is 276 g/mol. The fraction of sp³-hybridized carbons (Fsp3) is 1.00. The fourth-order valence-electron chi connectivity index (χ4n) is 1.87. The van der Waals surface area contributed by atoms with Gasteiger partial charge in [-0.3, -0.25) is 0 Å². The molecule has 0 fully saturated rings. The minimum Gasteiger partial charge on any atom is -0.385 e. The van der Waals surface area contributed by atoms with Gasteiger partial charge in [0.1, 0.15) is 0 Å². The third-order valence-corrected chi connectivity index (χ3v) is 3.00. The van der Waals surface area contributed by atoms with Gasteiger partial charge in [-0.15, -0.1) is 0 Å². The Morgan fingerprint density at radius 3 is 2.05 bits per heavy atom. The summed E-state index contributed by atoms with van der Waals surface area (Å²) in [6, 6.07) is 0. The molecule has 0 aliphatic rings. The molecular formula is C14H32N2O3. The van der Waals surface area contributed by atoms with Crippen molar-refractivity contribution < 1.29 is 14.2 Å². The van der Waals surface area contributed by atoms with Gasteiger partial charge in [-0.25, -0.2) is 0 Å². The van der Waals surface area contributed by atoms with Crippen LogP contribution in [0.25, 0.3) is 0 Å². The summed E-state index contributed by atoms with van der Waals surface area (Å²) < 4.78 is 15.2. The molecule has 116 valence electrons. The molecular weight excluding hydrogens is 244 g/mol. The van der Waals surface area contributed by atoms with Crippen molar-refractivity contribution in [3.8, 4) is 0 Å². The Kier molecular flexibility index (Phi) is 15.7. The lowest BCUT2D eigenvalue weighted by atomic mass is 10.2. The van der Waals surface area contributed by atoms with Crippen molar-refractivity contribution in [1.82, 2.24) is 10.2 Å². The van der Waals surface area contributed by atoms with Crippen LogP contribution in [-0.4, -0.2) is 78.8 Å². The zero-order valence-electron chi connectivity index (χ0n) is 13.0. The van der Waals surface area contributed by atoms with Gasteiger partial charge in [-0.05, 0) is 32.4 Å². The molecule has 0 unspecified atom stereocenters. The molecule has 0 aliphatic heterocycles. The summed E-state index contributed by atoms with van der Waals surface area (Å²) in [6.45, 7) is 7.68. The second-order valence-corrected chi connectivity index (χ2v) is 4.63. The molecule has 0 bridgehead atoms. The molecule has 0 aliphatic carbocycles. The van der Waals surface area contributed by atoms with Crippen molar-refractivity contribution in [2.75, 3.05) is 73.9 Å². The van der Waals surface area contributed by atoms with Gasteiger partial charge in [0.2, 0.25) is 0 Å². The molecule has 0 aromatic carbocycles. The molecule has 0 aromatic rings. The average Bonchev–Trinajstić information content (AvgIpc) is 2.43. The van der Waals surface area contributed by atoms with Crippen LogP contribution in [0.2, 0.25) is 0 Å². The molecule has 0 amide bonds. The van der Waals surface area contributed by atoms with Crippen molar-refractivity contribution in [3.63, 3.8) is 0 Å². The molecule has 1 N–H and O–H groups in total. The van der Waals surface area contributed by atoms with Crippen LogP contribution in [-0.2, 0) is 14.2 Å². The average molecular weight is 276 g/mol. The molecule has 0 heterocycles. The highest BCUT2D eigenvalue weighted by molar-refractivity contribution is 4.59. The summed E-state index contributed by atoms with van der Waals surface area (Å²) in [5.41, 5.74) is 0. The Hall–Kier alpha value is -0.200. The number of methoxy groups -OCH3 is 3. The maximum atomic E-state index is 5.15. The Balaban J connectivity index is 3.49. The number of hydrogen-bond donors (Lipinski definition) is 1. The van der Waals surface area contributed by atoms with E-state index in [0.29, 0.717) is 0 Å². The van der Waals surface area contributed by atoms with E-state index in [9.17, 15) is 0 Å². The standard InChI is InChI=1S/C14H32N2O3/c1-17-12-6-10-16(11-14-19-3)9-5-4-7-15-8-13-18-2/h15H,4-14H2,1-3H3. The maximum Gasteiger partial charge on any atom is 0.0589 e. The molecule has 19 heavy (non-hydrogen) atoms. The molecule has 0 saturated carbocycles. The third-order valence-electron chi connectivity index (χ3n) is 3.00. The molecule has 0 saturated heterocycles. The lowest BCUT2D eigenvalue weighted by molar-refractivity contribution is 0.131. The highest BCUT2D eigenvalue weighted by Crippen LogP contribution is 1.97. The lowest BCUT2D eigenvalue weighted by Crippen LogP contribution is -2.30. The van der Waals surface area contributed by atoms with Gasteiger partial charge in [0.05, 0.1) is 13.2 Å². The summed E-state index contributed by atoms with van der Waals surface area (Å²) in [5.74, 6) is 0. The molecule has 5 heteroatoms. The van der Waals surface area contributed by atoms with E-state index >= 15 is 0 Å². The minimum atomic E-state index is 0.789. The first-order valence-electron chi connectivity index (χ1n) is 7.25. The van der Waals surface area contributed by atoms with E-state index in [2.05, 4.69) is 10.2 Å². The summed E-state index contributed by atoms with van der Waals surface area (Å²) in [4.78, 5) is 2.46. The predicted molar refractivity (Wildman–Crippen MR) is 78.8 cm³/mol. The quantitative estimate of drug-likeness (QED) is 0.452. The molecule has 0 aromatic heterocycles. The van der Waals surface area contributed by atoms with Gasteiger partial charge in [-0.1, -0.05) is 0 Å². The van der Waals surface area contributed by atoms with Crippen molar-refractivity contribution in [2.45, 2.75) is 19.3 Å². The van der Waals surface area contributed by atoms with E-state index in [4.69, 9.17) is 14.2 Å². The highest BCUT2D eigenvalue weighted by Gasteiger charge is 2.04. The van der Waals surface area contributed by atoms with Crippen LogP contribution >= 0.6 is 0 Å². The van der Waals surface area contributed by atoms with Gasteiger partial charge >= 0.3 is 0 Å². The highest BCUT2D eigenvalue weighted by atomic mass is 16.5. The zero-order chi connectivity index (χ0) is 14.2. The summed E-state index contributed by atoms with van der Waals surface area (Å²) in [6.07, 6.45) is 3.51. The van der Waals surface area contributed by atoms with Crippen LogP contribution in [0.1, 0.15) is 19.3 Å². The summed E-state index contributed by atoms with van der Waals surface area (Å²) in [5, 5.41) is 3.37. The number of ether oxygens (including phenoxy) is 3. The first-order chi connectivity index (χ1) is 9.35. The molecule has 0 spiro atoms. The van der Waals surface area contributed by atoms with E-state index < -0.39 is 0 Å². The van der Waals surface area contributed by atoms with Crippen molar-refractivity contribution in [2.24, 2.45) is 0 Å². The second kappa shape index (κ2) is 15.9. The molecule has 0 radical (unpaired) electrons. The van der Waals surface area contributed by atoms with E-state index in [-0.39, 0.29) is 0 Å². The first kappa shape index (κ1) is 18.8. The first-order valence-corrected chi connectivity index (χ1v) is 7.25. The van der Waals surface area contributed by atoms with Gasteiger partial charge in [0, 0.05) is 47.6 Å². The Bertz CT molecular complexity index is 171. The van der Waals surface area contributed by atoms with Crippen LogP contribution in [0.4, 0.5) is 0 Å². The zero-order valence-corrected chi connectivity index (χ0v) is 13.0. The molecule has 5 nitrogen and oxygen atoms in total. The second-order valence-electron chi connectivity index (χ2n) is 4.63. The van der Waals surface area contributed by atoms with Crippen molar-refractivity contribution in [3.05, 3.63) is 0 Å². The Labute approximate surface area is 118 Å². The fourth-order valence-corrected chi connectivity index (χ4v) is 1.87. The Morgan fingerprint density at radius 2 is 1.37 bits per heavy atom. The topological polar surface area (TPSA) is 43.0 Å². The normalized spacial score (nSPS) is 11.4. The number of rotatable bonds is 15. The number of hydrogen-bond acceptors (Lipinski definition) is 5. The van der Waals surface area contributed by atoms with Crippen LogP contribution < -0.4 is 5.32 Å².